The summed E-state index contributed by atoms with van der Waals surface area (Å²) in [5.74, 6) is -0.461. The summed E-state index contributed by atoms with van der Waals surface area (Å²) in [6, 6.07) is 6.07. The van der Waals surface area contributed by atoms with Gasteiger partial charge >= 0.3 is 0 Å². The smallest absolute Gasteiger partial charge is 0.259 e. The second kappa shape index (κ2) is 4.88. The molecule has 0 bridgehead atoms. The van der Waals surface area contributed by atoms with Gasteiger partial charge in [-0.3, -0.25) is 0 Å². The van der Waals surface area contributed by atoms with Crippen LogP contribution in [0.3, 0.4) is 0 Å². The molecule has 0 radical (unpaired) electrons. The summed E-state index contributed by atoms with van der Waals surface area (Å²) in [7, 11) is -3.80. The number of halogens is 1. The highest BCUT2D eigenvalue weighted by atomic mass is 32.2. The van der Waals surface area contributed by atoms with Crippen LogP contribution in [0.25, 0.3) is 0 Å². The topological polar surface area (TPSA) is 68.3 Å². The van der Waals surface area contributed by atoms with Crippen LogP contribution in [0.15, 0.2) is 40.2 Å². The summed E-state index contributed by atoms with van der Waals surface area (Å²) in [6.45, 7) is 0.189. The molecule has 1 aromatic carbocycles. The standard InChI is InChI=1S/C12H11FN2O3S2/c13-10-4-2-1-3-9(10)12(6-18-7-12)15-20(16,17)11-5-19-8-14-11/h1-5,8,15H,6-7H2. The first-order valence-electron chi connectivity index (χ1n) is 5.78. The van der Waals surface area contributed by atoms with Crippen LogP contribution < -0.4 is 4.72 Å². The molecule has 0 atom stereocenters. The van der Waals surface area contributed by atoms with Gasteiger partial charge in [-0.25, -0.2) is 17.8 Å². The number of benzene rings is 1. The fourth-order valence-corrected chi connectivity index (χ4v) is 4.26. The van der Waals surface area contributed by atoms with Crippen LogP contribution in [0.4, 0.5) is 4.39 Å². The van der Waals surface area contributed by atoms with Gasteiger partial charge in [0.1, 0.15) is 11.4 Å². The van der Waals surface area contributed by atoms with Crippen LogP contribution in [0.5, 0.6) is 0 Å². The van der Waals surface area contributed by atoms with Crippen molar-refractivity contribution in [2.24, 2.45) is 0 Å². The van der Waals surface area contributed by atoms with Crippen molar-refractivity contribution in [3.8, 4) is 0 Å². The van der Waals surface area contributed by atoms with Crippen molar-refractivity contribution < 1.29 is 17.5 Å². The molecule has 8 heteroatoms. The molecule has 20 heavy (non-hydrogen) atoms. The van der Waals surface area contributed by atoms with Crippen molar-refractivity contribution in [3.05, 3.63) is 46.5 Å². The normalized spacial score (nSPS) is 17.6. The molecule has 0 amide bonds. The average molecular weight is 314 g/mol. The van der Waals surface area contributed by atoms with Gasteiger partial charge in [0.05, 0.1) is 18.7 Å². The van der Waals surface area contributed by atoms with E-state index in [9.17, 15) is 12.8 Å². The van der Waals surface area contributed by atoms with Crippen molar-refractivity contribution in [1.29, 1.82) is 0 Å². The number of aromatic nitrogens is 1. The largest absolute Gasteiger partial charge is 0.377 e. The minimum atomic E-state index is -3.80. The number of thiazole rings is 1. The molecule has 1 saturated heterocycles. The van der Waals surface area contributed by atoms with Gasteiger partial charge in [-0.2, -0.15) is 4.72 Å². The molecule has 1 aliphatic rings. The molecule has 0 spiro atoms. The molecule has 0 aliphatic carbocycles. The Labute approximate surface area is 119 Å². The molecule has 0 unspecified atom stereocenters. The van der Waals surface area contributed by atoms with Crippen molar-refractivity contribution in [2.45, 2.75) is 10.6 Å². The number of ether oxygens (including phenoxy) is 1. The molecule has 1 fully saturated rings. The average Bonchev–Trinajstić information content (AvgIpc) is 2.89. The summed E-state index contributed by atoms with van der Waals surface area (Å²) >= 11 is 1.18. The van der Waals surface area contributed by atoms with E-state index in [1.807, 2.05) is 0 Å². The third kappa shape index (κ3) is 2.24. The third-order valence-electron chi connectivity index (χ3n) is 3.10. The van der Waals surface area contributed by atoms with E-state index in [0.29, 0.717) is 0 Å². The van der Waals surface area contributed by atoms with E-state index in [-0.39, 0.29) is 23.8 Å². The van der Waals surface area contributed by atoms with E-state index >= 15 is 0 Å². The maximum absolute atomic E-state index is 13.9. The fraction of sp³-hybridized carbons (Fsp3) is 0.250. The van der Waals surface area contributed by atoms with Crippen molar-refractivity contribution >= 4 is 21.4 Å². The third-order valence-corrected chi connectivity index (χ3v) is 5.27. The predicted molar refractivity (Wildman–Crippen MR) is 71.3 cm³/mol. The minimum absolute atomic E-state index is 0.0647. The second-order valence-corrected chi connectivity index (χ2v) is 6.83. The van der Waals surface area contributed by atoms with Gasteiger partial charge in [0.25, 0.3) is 10.0 Å². The van der Waals surface area contributed by atoms with Gasteiger partial charge in [-0.05, 0) is 6.07 Å². The summed E-state index contributed by atoms with van der Waals surface area (Å²) in [5.41, 5.74) is 0.653. The van der Waals surface area contributed by atoms with E-state index in [1.165, 1.54) is 28.3 Å². The highest BCUT2D eigenvalue weighted by Gasteiger charge is 2.45. The lowest BCUT2D eigenvalue weighted by molar-refractivity contribution is -0.0680. The summed E-state index contributed by atoms with van der Waals surface area (Å²) in [4.78, 5) is 3.78. The first kappa shape index (κ1) is 13.6. The number of rotatable bonds is 4. The molecule has 106 valence electrons. The molecule has 1 N–H and O–H groups in total. The Bertz CT molecular complexity index is 712. The van der Waals surface area contributed by atoms with E-state index < -0.39 is 21.4 Å². The lowest BCUT2D eigenvalue weighted by Gasteiger charge is -2.41. The molecular weight excluding hydrogens is 303 g/mol. The summed E-state index contributed by atoms with van der Waals surface area (Å²) in [5, 5.41) is 1.36. The van der Waals surface area contributed by atoms with Crippen molar-refractivity contribution in [1.82, 2.24) is 9.71 Å². The van der Waals surface area contributed by atoms with Gasteiger partial charge in [-0.1, -0.05) is 18.2 Å². The minimum Gasteiger partial charge on any atom is -0.377 e. The number of hydrogen-bond acceptors (Lipinski definition) is 5. The molecule has 2 heterocycles. The van der Waals surface area contributed by atoms with Gasteiger partial charge < -0.3 is 4.74 Å². The SMILES string of the molecule is O=S(=O)(NC1(c2ccccc2F)COC1)c1cscn1. The molecule has 1 aromatic heterocycles. The molecular formula is C12H11FN2O3S2. The fourth-order valence-electron chi connectivity index (χ4n) is 2.07. The Balaban J connectivity index is 1.98. The highest BCUT2D eigenvalue weighted by molar-refractivity contribution is 7.89. The summed E-state index contributed by atoms with van der Waals surface area (Å²) < 4.78 is 46.0. The Morgan fingerprint density at radius 2 is 2.10 bits per heavy atom. The number of hydrogen-bond donors (Lipinski definition) is 1. The quantitative estimate of drug-likeness (QED) is 0.928. The molecule has 2 aromatic rings. The zero-order chi connectivity index (χ0) is 14.2. The maximum atomic E-state index is 13.9. The number of nitrogens with zero attached hydrogens (tertiary/aromatic N) is 1. The molecule has 1 aliphatic heterocycles. The van der Waals surface area contributed by atoms with E-state index in [4.69, 9.17) is 4.74 Å². The van der Waals surface area contributed by atoms with Crippen molar-refractivity contribution in [2.75, 3.05) is 13.2 Å². The van der Waals surface area contributed by atoms with Gasteiger partial charge in [-0.15, -0.1) is 11.3 Å². The van der Waals surface area contributed by atoms with Crippen LogP contribution in [-0.2, 0) is 20.3 Å². The zero-order valence-electron chi connectivity index (χ0n) is 10.2. The highest BCUT2D eigenvalue weighted by Crippen LogP contribution is 2.33. The molecule has 0 saturated carbocycles. The van der Waals surface area contributed by atoms with Gasteiger partial charge in [0.15, 0.2) is 5.03 Å². The van der Waals surface area contributed by atoms with E-state index in [1.54, 1.807) is 18.2 Å². The van der Waals surface area contributed by atoms with Crippen LogP contribution in [0.2, 0.25) is 0 Å². The predicted octanol–water partition coefficient (Wildman–Crippen LogP) is 1.49. The lowest BCUT2D eigenvalue weighted by atomic mass is 9.89. The monoisotopic (exact) mass is 314 g/mol. The number of nitrogens with one attached hydrogen (secondary N) is 1. The first-order chi connectivity index (χ1) is 9.54. The second-order valence-electron chi connectivity index (χ2n) is 4.49. The first-order valence-corrected chi connectivity index (χ1v) is 8.21. The van der Waals surface area contributed by atoms with Crippen LogP contribution in [0.1, 0.15) is 5.56 Å². The Morgan fingerprint density at radius 1 is 1.35 bits per heavy atom. The molecule has 3 rings (SSSR count). The van der Waals surface area contributed by atoms with Crippen LogP contribution in [-0.4, -0.2) is 26.6 Å². The van der Waals surface area contributed by atoms with E-state index in [2.05, 4.69) is 9.71 Å². The van der Waals surface area contributed by atoms with Crippen LogP contribution >= 0.6 is 11.3 Å². The Kier molecular flexibility index (Phi) is 3.33. The van der Waals surface area contributed by atoms with Crippen LogP contribution in [0, 0.1) is 5.82 Å². The van der Waals surface area contributed by atoms with Crippen molar-refractivity contribution in [3.63, 3.8) is 0 Å². The zero-order valence-corrected chi connectivity index (χ0v) is 11.9. The van der Waals surface area contributed by atoms with Gasteiger partial charge in [0.2, 0.25) is 0 Å². The molecule has 5 nitrogen and oxygen atoms in total. The Hall–Kier alpha value is -1.35. The van der Waals surface area contributed by atoms with E-state index in [0.717, 1.165) is 0 Å². The number of sulfonamides is 1. The Morgan fingerprint density at radius 3 is 2.65 bits per heavy atom. The van der Waals surface area contributed by atoms with Gasteiger partial charge in [0, 0.05) is 10.9 Å². The summed E-state index contributed by atoms with van der Waals surface area (Å²) in [6.07, 6.45) is 0. The lowest BCUT2D eigenvalue weighted by Crippen LogP contribution is -2.59. The maximum Gasteiger partial charge on any atom is 0.259 e.